The first-order chi connectivity index (χ1) is 12.7. The van der Waals surface area contributed by atoms with Gasteiger partial charge in [-0.15, -0.1) is 0 Å². The van der Waals surface area contributed by atoms with Crippen molar-refractivity contribution >= 4 is 27.5 Å². The molecule has 1 aromatic carbocycles. The number of nitrogens with one attached hydrogen (secondary N) is 1. The van der Waals surface area contributed by atoms with Gasteiger partial charge in [-0.3, -0.25) is 9.69 Å². The highest BCUT2D eigenvalue weighted by molar-refractivity contribution is 7.94. The Hall–Kier alpha value is -2.42. The van der Waals surface area contributed by atoms with E-state index in [0.29, 0.717) is 30.8 Å². The van der Waals surface area contributed by atoms with Gasteiger partial charge in [-0.25, -0.2) is 17.6 Å². The minimum absolute atomic E-state index is 0.146. The quantitative estimate of drug-likeness (QED) is 0.821. The minimum atomic E-state index is -3.50. The number of hydrogen-bond donors (Lipinski definition) is 1. The average molecular weight is 396 g/mol. The number of carbonyl (C=O) groups excluding carboxylic acids is 2. The molecule has 2 unspecified atom stereocenters. The molecule has 2 amide bonds. The van der Waals surface area contributed by atoms with Crippen molar-refractivity contribution in [1.29, 1.82) is 0 Å². The summed E-state index contributed by atoms with van der Waals surface area (Å²) in [6.45, 7) is 2.16. The normalized spacial score (nSPS) is 26.7. The summed E-state index contributed by atoms with van der Waals surface area (Å²) in [7, 11) is -3.50. The van der Waals surface area contributed by atoms with Gasteiger partial charge in [0.1, 0.15) is 12.3 Å². The largest absolute Gasteiger partial charge is 0.444 e. The molecular weight excluding hydrogens is 375 g/mol. The SMILES string of the molecule is CC(=O)NCC[C@H]1CN(c2cccc(C3C=CS(=O)(=O)CC3F)c2)C(=O)O1. The van der Waals surface area contributed by atoms with Gasteiger partial charge in [0.15, 0.2) is 9.84 Å². The lowest BCUT2D eigenvalue weighted by Crippen LogP contribution is -2.28. The highest BCUT2D eigenvalue weighted by Crippen LogP contribution is 2.32. The number of alkyl halides is 1. The lowest BCUT2D eigenvalue weighted by atomic mass is 9.94. The zero-order chi connectivity index (χ0) is 19.6. The van der Waals surface area contributed by atoms with Crippen molar-refractivity contribution in [2.45, 2.75) is 31.5 Å². The van der Waals surface area contributed by atoms with Crippen molar-refractivity contribution in [2.24, 2.45) is 0 Å². The van der Waals surface area contributed by atoms with Gasteiger partial charge in [0.25, 0.3) is 0 Å². The molecule has 1 aromatic rings. The Morgan fingerprint density at radius 2 is 2.19 bits per heavy atom. The fraction of sp³-hybridized carbons (Fsp3) is 0.444. The van der Waals surface area contributed by atoms with Crippen molar-refractivity contribution < 1.29 is 27.1 Å². The maximum absolute atomic E-state index is 14.3. The molecule has 3 atom stereocenters. The van der Waals surface area contributed by atoms with E-state index < -0.39 is 33.8 Å². The van der Waals surface area contributed by atoms with Crippen LogP contribution < -0.4 is 10.2 Å². The smallest absolute Gasteiger partial charge is 0.414 e. The van der Waals surface area contributed by atoms with E-state index in [4.69, 9.17) is 4.74 Å². The second-order valence-electron chi connectivity index (χ2n) is 6.68. The molecule has 7 nitrogen and oxygen atoms in total. The number of carbonyl (C=O) groups is 2. The zero-order valence-corrected chi connectivity index (χ0v) is 15.6. The average Bonchev–Trinajstić information content (AvgIpc) is 2.94. The minimum Gasteiger partial charge on any atom is -0.444 e. The predicted molar refractivity (Wildman–Crippen MR) is 97.9 cm³/mol. The number of amides is 2. The standard InChI is InChI=1S/C18H21FN2O5S/c1-12(22)20-7-5-15-10-21(18(23)26-15)14-4-2-3-13(9-14)16-6-8-27(24,25)11-17(16)19/h2-4,6,8-9,15-17H,5,7,10-11H2,1H3,(H,20,22)/t15-,16?,17?/m0/s1. The molecule has 2 aliphatic heterocycles. The van der Waals surface area contributed by atoms with Crippen LogP contribution in [0.1, 0.15) is 24.8 Å². The monoisotopic (exact) mass is 396 g/mol. The Kier molecular flexibility index (Phi) is 5.50. The van der Waals surface area contributed by atoms with Gasteiger partial charge in [0, 0.05) is 36.9 Å². The van der Waals surface area contributed by atoms with Crippen LogP contribution in [-0.4, -0.2) is 51.5 Å². The van der Waals surface area contributed by atoms with Crippen LogP contribution in [0.5, 0.6) is 0 Å². The van der Waals surface area contributed by atoms with Gasteiger partial charge in [-0.1, -0.05) is 18.2 Å². The number of allylic oxidation sites excluding steroid dienone is 1. The van der Waals surface area contributed by atoms with Crippen LogP contribution in [0.2, 0.25) is 0 Å². The predicted octanol–water partition coefficient (Wildman–Crippen LogP) is 1.90. The van der Waals surface area contributed by atoms with Crippen LogP contribution in [0.15, 0.2) is 35.7 Å². The number of anilines is 1. The van der Waals surface area contributed by atoms with Gasteiger partial charge in [-0.05, 0) is 17.7 Å². The molecule has 27 heavy (non-hydrogen) atoms. The van der Waals surface area contributed by atoms with E-state index in [1.165, 1.54) is 17.9 Å². The number of rotatable bonds is 5. The molecule has 2 heterocycles. The van der Waals surface area contributed by atoms with Crippen LogP contribution in [0, 0.1) is 0 Å². The van der Waals surface area contributed by atoms with Crippen molar-refractivity contribution in [3.63, 3.8) is 0 Å². The van der Waals surface area contributed by atoms with Crippen LogP contribution >= 0.6 is 0 Å². The van der Waals surface area contributed by atoms with Crippen LogP contribution in [0.4, 0.5) is 14.9 Å². The Balaban J connectivity index is 1.72. The number of nitrogens with zero attached hydrogens (tertiary/aromatic N) is 1. The van der Waals surface area contributed by atoms with Crippen molar-refractivity contribution in [1.82, 2.24) is 5.32 Å². The maximum Gasteiger partial charge on any atom is 0.414 e. The molecule has 1 N–H and O–H groups in total. The first-order valence-corrected chi connectivity index (χ1v) is 10.3. The highest BCUT2D eigenvalue weighted by atomic mass is 32.2. The number of halogens is 1. The lowest BCUT2D eigenvalue weighted by molar-refractivity contribution is -0.119. The van der Waals surface area contributed by atoms with Crippen LogP contribution in [-0.2, 0) is 19.4 Å². The summed E-state index contributed by atoms with van der Waals surface area (Å²) in [6, 6.07) is 6.80. The van der Waals surface area contributed by atoms with E-state index in [2.05, 4.69) is 5.32 Å². The van der Waals surface area contributed by atoms with Crippen molar-refractivity contribution in [2.75, 3.05) is 23.7 Å². The van der Waals surface area contributed by atoms with Gasteiger partial charge < -0.3 is 10.1 Å². The Morgan fingerprint density at radius 3 is 2.89 bits per heavy atom. The van der Waals surface area contributed by atoms with E-state index in [9.17, 15) is 22.4 Å². The van der Waals surface area contributed by atoms with Crippen LogP contribution in [0.3, 0.4) is 0 Å². The summed E-state index contributed by atoms with van der Waals surface area (Å²) in [5.74, 6) is -1.37. The number of ether oxygens (including phenoxy) is 1. The van der Waals surface area contributed by atoms with Crippen molar-refractivity contribution in [3.05, 3.63) is 41.3 Å². The molecule has 3 rings (SSSR count). The summed E-state index contributed by atoms with van der Waals surface area (Å²) >= 11 is 0. The molecule has 2 aliphatic rings. The molecule has 0 spiro atoms. The van der Waals surface area contributed by atoms with E-state index in [0.717, 1.165) is 5.41 Å². The van der Waals surface area contributed by atoms with Crippen molar-refractivity contribution in [3.8, 4) is 0 Å². The fourth-order valence-corrected chi connectivity index (χ4v) is 4.39. The van der Waals surface area contributed by atoms with Gasteiger partial charge in [0.05, 0.1) is 12.3 Å². The molecule has 0 aliphatic carbocycles. The first kappa shape index (κ1) is 19.3. The third kappa shape index (κ3) is 4.65. The van der Waals surface area contributed by atoms with E-state index >= 15 is 0 Å². The second kappa shape index (κ2) is 7.67. The lowest BCUT2D eigenvalue weighted by Gasteiger charge is -2.23. The molecule has 9 heteroatoms. The first-order valence-electron chi connectivity index (χ1n) is 8.63. The Bertz CT molecular complexity index is 870. The molecule has 146 valence electrons. The number of hydrogen-bond acceptors (Lipinski definition) is 5. The number of sulfone groups is 1. The third-order valence-electron chi connectivity index (χ3n) is 4.56. The third-order valence-corrected chi connectivity index (χ3v) is 5.91. The van der Waals surface area contributed by atoms with Gasteiger partial charge >= 0.3 is 6.09 Å². The van der Waals surface area contributed by atoms with Gasteiger partial charge in [-0.2, -0.15) is 0 Å². The number of benzene rings is 1. The topological polar surface area (TPSA) is 92.8 Å². The number of cyclic esters (lactones) is 1. The molecule has 1 fully saturated rings. The zero-order valence-electron chi connectivity index (χ0n) is 14.8. The summed E-state index contributed by atoms with van der Waals surface area (Å²) in [6.07, 6.45) is -0.537. The van der Waals surface area contributed by atoms with E-state index in [1.54, 1.807) is 24.3 Å². The molecule has 1 saturated heterocycles. The Morgan fingerprint density at radius 1 is 1.41 bits per heavy atom. The van der Waals surface area contributed by atoms with E-state index in [-0.39, 0.29) is 12.0 Å². The summed E-state index contributed by atoms with van der Waals surface area (Å²) in [4.78, 5) is 24.5. The molecule has 0 radical (unpaired) electrons. The molecule has 0 saturated carbocycles. The summed E-state index contributed by atoms with van der Waals surface area (Å²) < 4.78 is 42.6. The van der Waals surface area contributed by atoms with E-state index in [1.807, 2.05) is 0 Å². The maximum atomic E-state index is 14.3. The fourth-order valence-electron chi connectivity index (χ4n) is 3.22. The molecular formula is C18H21FN2O5S. The molecule has 0 aromatic heterocycles. The summed E-state index contributed by atoms with van der Waals surface area (Å²) in [5, 5.41) is 3.70. The summed E-state index contributed by atoms with van der Waals surface area (Å²) in [5.41, 5.74) is 1.16. The molecule has 0 bridgehead atoms. The van der Waals surface area contributed by atoms with Gasteiger partial charge in [0.2, 0.25) is 5.91 Å². The highest BCUT2D eigenvalue weighted by Gasteiger charge is 2.34. The van der Waals surface area contributed by atoms with Crippen LogP contribution in [0.25, 0.3) is 0 Å². The Labute approximate surface area is 157 Å². The second-order valence-corrected chi connectivity index (χ2v) is 8.61.